The molecule has 0 aromatic rings. The maximum Gasteiger partial charge on any atom is 0.336 e. The van der Waals surface area contributed by atoms with Crippen LogP contribution in [0, 0.1) is 16.7 Å². The van der Waals surface area contributed by atoms with Crippen LogP contribution in [0.5, 0.6) is 0 Å². The molecule has 1 rings (SSSR count). The Bertz CT molecular complexity index is 835. The number of rotatable bonds is 11. The van der Waals surface area contributed by atoms with Crippen molar-refractivity contribution in [3.63, 3.8) is 0 Å². The lowest BCUT2D eigenvalue weighted by Gasteiger charge is -2.44. The van der Waals surface area contributed by atoms with E-state index in [0.717, 1.165) is 0 Å². The topological polar surface area (TPSA) is 141 Å². The molecule has 1 saturated heterocycles. The highest BCUT2D eigenvalue weighted by Gasteiger charge is 2.49. The summed E-state index contributed by atoms with van der Waals surface area (Å²) in [7, 11) is -4.08. The van der Waals surface area contributed by atoms with E-state index in [-0.39, 0.29) is 24.7 Å². The lowest BCUT2D eigenvalue weighted by Crippen LogP contribution is -2.57. The summed E-state index contributed by atoms with van der Waals surface area (Å²) >= 11 is 0. The summed E-state index contributed by atoms with van der Waals surface area (Å²) in [6.07, 6.45) is -3.90. The van der Waals surface area contributed by atoms with Crippen molar-refractivity contribution in [3.8, 4) is 0 Å². The Balaban J connectivity index is 3.19. The van der Waals surface area contributed by atoms with Gasteiger partial charge in [-0.05, 0) is 27.7 Å². The molecule has 1 fully saturated rings. The number of hydrogen-bond acceptors (Lipinski definition) is 11. The molecule has 214 valence electrons. The van der Waals surface area contributed by atoms with Crippen LogP contribution in [0.4, 0.5) is 0 Å². The van der Waals surface area contributed by atoms with Crippen LogP contribution in [0.25, 0.3) is 0 Å². The van der Waals surface area contributed by atoms with Crippen molar-refractivity contribution < 1.29 is 51.7 Å². The van der Waals surface area contributed by atoms with Gasteiger partial charge in [0.1, 0.15) is 18.0 Å². The molecule has 0 N–H and O–H groups in total. The zero-order valence-corrected chi connectivity index (χ0v) is 24.5. The van der Waals surface area contributed by atoms with E-state index in [9.17, 15) is 23.7 Å². The number of carbonyl (C=O) groups is 4. The summed E-state index contributed by atoms with van der Waals surface area (Å²) in [4.78, 5) is 48.1. The van der Waals surface area contributed by atoms with Gasteiger partial charge in [-0.2, -0.15) is 0 Å². The lowest BCUT2D eigenvalue weighted by molar-refractivity contribution is -0.216. The van der Waals surface area contributed by atoms with E-state index in [2.05, 4.69) is 0 Å². The molecular weight excluding hydrogens is 507 g/mol. The van der Waals surface area contributed by atoms with Crippen molar-refractivity contribution in [1.82, 2.24) is 0 Å². The Labute approximate surface area is 219 Å². The quantitative estimate of drug-likeness (QED) is 0.159. The van der Waals surface area contributed by atoms with Crippen LogP contribution in [0.3, 0.4) is 0 Å². The molecule has 0 amide bonds. The van der Waals surface area contributed by atoms with Crippen LogP contribution >= 0.6 is 7.60 Å². The minimum atomic E-state index is -4.08. The zero-order chi connectivity index (χ0) is 28.8. The van der Waals surface area contributed by atoms with E-state index in [4.69, 9.17) is 28.0 Å². The fraction of sp³-hybridized carbons (Fsp3) is 0.840. The second-order valence-corrected chi connectivity index (χ2v) is 13.5. The summed E-state index contributed by atoms with van der Waals surface area (Å²) in [5.41, 5.74) is -1.44. The fourth-order valence-electron chi connectivity index (χ4n) is 3.49. The van der Waals surface area contributed by atoms with Crippen LogP contribution in [0.2, 0.25) is 0 Å². The fourth-order valence-corrected chi connectivity index (χ4v) is 5.10. The van der Waals surface area contributed by atoms with Gasteiger partial charge in [0.15, 0.2) is 6.10 Å². The minimum Gasteiger partial charge on any atom is -0.458 e. The largest absolute Gasteiger partial charge is 0.458 e. The molecule has 11 nitrogen and oxygen atoms in total. The Morgan fingerprint density at radius 2 is 1.38 bits per heavy atom. The first-order valence-corrected chi connectivity index (χ1v) is 14.1. The standard InChI is InChI=1S/C25H43O11P/c1-15-16(2)34-19(22(36-18(4)27)21(15)35-17(3)26)13-37(30,32-12-11-20(28)24(5,6)7)33-14-31-23(29)25(8,9)10/h15-16,19,21-22H,11-14H2,1-10H3/t15-,16+,19-,21-,22-,37?/m1/s1. The molecule has 6 atom stereocenters. The summed E-state index contributed by atoms with van der Waals surface area (Å²) < 4.78 is 46.9. The lowest BCUT2D eigenvalue weighted by atomic mass is 9.89. The summed E-state index contributed by atoms with van der Waals surface area (Å²) in [6.45, 7) is 15.3. The smallest absolute Gasteiger partial charge is 0.336 e. The third-order valence-electron chi connectivity index (χ3n) is 5.85. The zero-order valence-electron chi connectivity index (χ0n) is 23.7. The van der Waals surface area contributed by atoms with Gasteiger partial charge in [-0.3, -0.25) is 28.3 Å². The molecule has 1 unspecified atom stereocenters. The van der Waals surface area contributed by atoms with Gasteiger partial charge in [0.2, 0.25) is 6.79 Å². The van der Waals surface area contributed by atoms with Crippen molar-refractivity contribution in [2.24, 2.45) is 16.7 Å². The third-order valence-corrected chi connectivity index (χ3v) is 7.73. The van der Waals surface area contributed by atoms with E-state index < -0.39 is 73.7 Å². The number of carbonyl (C=O) groups excluding carboxylic acids is 4. The molecule has 37 heavy (non-hydrogen) atoms. The first-order valence-electron chi connectivity index (χ1n) is 12.4. The average Bonchev–Trinajstić information content (AvgIpc) is 2.72. The highest BCUT2D eigenvalue weighted by Crippen LogP contribution is 2.51. The van der Waals surface area contributed by atoms with Gasteiger partial charge in [-0.15, -0.1) is 0 Å². The first-order chi connectivity index (χ1) is 16.8. The first kappa shape index (κ1) is 33.2. The number of ketones is 1. The van der Waals surface area contributed by atoms with Crippen molar-refractivity contribution >= 4 is 31.3 Å². The second kappa shape index (κ2) is 13.3. The Morgan fingerprint density at radius 1 is 0.838 bits per heavy atom. The number of hydrogen-bond donors (Lipinski definition) is 0. The van der Waals surface area contributed by atoms with Crippen molar-refractivity contribution in [2.75, 3.05) is 19.6 Å². The predicted molar refractivity (Wildman–Crippen MR) is 134 cm³/mol. The van der Waals surface area contributed by atoms with Crippen LogP contribution in [0.15, 0.2) is 0 Å². The number of ether oxygens (including phenoxy) is 4. The van der Waals surface area contributed by atoms with Crippen molar-refractivity contribution in [2.45, 2.75) is 100 Å². The molecule has 0 spiro atoms. The summed E-state index contributed by atoms with van der Waals surface area (Å²) in [5.74, 6) is -2.26. The van der Waals surface area contributed by atoms with E-state index in [1.165, 1.54) is 13.8 Å². The van der Waals surface area contributed by atoms with E-state index in [0.29, 0.717) is 0 Å². The molecule has 12 heteroatoms. The highest BCUT2D eigenvalue weighted by atomic mass is 31.2. The van der Waals surface area contributed by atoms with E-state index in [1.807, 2.05) is 0 Å². The Hall–Kier alpha value is -1.81. The predicted octanol–water partition coefficient (Wildman–Crippen LogP) is 4.05. The number of Topliss-reactive ketones (excluding diaryl/α,β-unsaturated/α-hetero) is 1. The van der Waals surface area contributed by atoms with Gasteiger partial charge in [-0.1, -0.05) is 27.7 Å². The van der Waals surface area contributed by atoms with E-state index >= 15 is 0 Å². The summed E-state index contributed by atoms with van der Waals surface area (Å²) in [5, 5.41) is 0. The monoisotopic (exact) mass is 550 g/mol. The maximum atomic E-state index is 13.8. The third kappa shape index (κ3) is 10.8. The van der Waals surface area contributed by atoms with Gasteiger partial charge >= 0.3 is 25.5 Å². The van der Waals surface area contributed by atoms with Gasteiger partial charge in [0.05, 0.1) is 24.3 Å². The molecule has 0 aliphatic carbocycles. The molecule has 0 bridgehead atoms. The number of esters is 3. The second-order valence-electron chi connectivity index (χ2n) is 11.4. The highest BCUT2D eigenvalue weighted by molar-refractivity contribution is 7.53. The SMILES string of the molecule is CC(=O)O[C@@H]1[C@H](C)[C@H](C)O[C@H](CP(=O)(OCCC(=O)C(C)(C)C)OCOC(=O)C(C)(C)C)[C@H]1OC(C)=O. The van der Waals surface area contributed by atoms with Gasteiger partial charge in [0, 0.05) is 31.6 Å². The Kier molecular flexibility index (Phi) is 12.0. The minimum absolute atomic E-state index is 0.0267. The van der Waals surface area contributed by atoms with Gasteiger partial charge in [-0.25, -0.2) is 0 Å². The van der Waals surface area contributed by atoms with Gasteiger partial charge < -0.3 is 23.5 Å². The van der Waals surface area contributed by atoms with Crippen LogP contribution in [0.1, 0.15) is 75.7 Å². The molecule has 1 aliphatic rings. The molecule has 0 aromatic carbocycles. The molecule has 1 heterocycles. The maximum absolute atomic E-state index is 13.8. The van der Waals surface area contributed by atoms with Gasteiger partial charge in [0.25, 0.3) is 0 Å². The van der Waals surface area contributed by atoms with Crippen molar-refractivity contribution in [1.29, 1.82) is 0 Å². The van der Waals surface area contributed by atoms with Crippen LogP contribution in [-0.4, -0.2) is 67.7 Å². The van der Waals surface area contributed by atoms with Crippen molar-refractivity contribution in [3.05, 3.63) is 0 Å². The molecule has 0 radical (unpaired) electrons. The molecular formula is C25H43O11P. The molecule has 1 aliphatic heterocycles. The molecule has 0 saturated carbocycles. The normalized spacial score (nSPS) is 26.1. The average molecular weight is 551 g/mol. The van der Waals surface area contributed by atoms with Crippen LogP contribution in [-0.2, 0) is 51.7 Å². The Morgan fingerprint density at radius 3 is 1.86 bits per heavy atom. The van der Waals surface area contributed by atoms with Crippen LogP contribution < -0.4 is 0 Å². The van der Waals surface area contributed by atoms with E-state index in [1.54, 1.807) is 55.4 Å². The summed E-state index contributed by atoms with van der Waals surface area (Å²) in [6, 6.07) is 0. The molecule has 0 aromatic heterocycles.